The van der Waals surface area contributed by atoms with Gasteiger partial charge in [0, 0.05) is 37.1 Å². The molecule has 98 valence electrons. The molecule has 0 aliphatic heterocycles. The third-order valence-corrected chi connectivity index (χ3v) is 3.23. The summed E-state index contributed by atoms with van der Waals surface area (Å²) in [6, 6.07) is 9.67. The van der Waals surface area contributed by atoms with Gasteiger partial charge in [-0.3, -0.25) is 0 Å². The molecule has 3 rings (SSSR count). The van der Waals surface area contributed by atoms with E-state index in [0.29, 0.717) is 18.8 Å². The molecule has 0 saturated carbocycles. The maximum absolute atomic E-state index is 8.89. The number of hydrogen-bond acceptors (Lipinski definition) is 4. The van der Waals surface area contributed by atoms with Gasteiger partial charge in [0.2, 0.25) is 0 Å². The Hall–Kier alpha value is -2.71. The second-order valence-electron chi connectivity index (χ2n) is 4.52. The molecule has 0 bridgehead atoms. The second kappa shape index (κ2) is 5.11. The van der Waals surface area contributed by atoms with E-state index in [1.54, 1.807) is 18.5 Å². The minimum atomic E-state index is 0.422. The quantitative estimate of drug-likeness (QED) is 0.781. The van der Waals surface area contributed by atoms with Gasteiger partial charge in [0.25, 0.3) is 0 Å². The highest BCUT2D eigenvalue weighted by Gasteiger charge is 2.08. The zero-order chi connectivity index (χ0) is 13.9. The highest BCUT2D eigenvalue weighted by molar-refractivity contribution is 5.80. The molecule has 0 aliphatic rings. The first-order chi connectivity index (χ1) is 9.81. The van der Waals surface area contributed by atoms with Crippen LogP contribution in [0.3, 0.4) is 0 Å². The number of nitrogens with zero attached hydrogens (tertiary/aromatic N) is 4. The lowest BCUT2D eigenvalue weighted by atomic mass is 10.2. The molecule has 0 saturated heterocycles. The number of hydrogen-bond donors (Lipinski definition) is 1. The highest BCUT2D eigenvalue weighted by atomic mass is 15.0. The maximum atomic E-state index is 8.89. The van der Waals surface area contributed by atoms with Crippen molar-refractivity contribution < 1.29 is 0 Å². The van der Waals surface area contributed by atoms with Crippen LogP contribution in [0.15, 0.2) is 42.9 Å². The first-order valence-electron chi connectivity index (χ1n) is 6.29. The van der Waals surface area contributed by atoms with E-state index in [9.17, 15) is 0 Å². The summed E-state index contributed by atoms with van der Waals surface area (Å²) in [6.45, 7) is 1.12. The number of rotatable bonds is 3. The number of nitrogens with two attached hydrogens (primary N) is 1. The summed E-state index contributed by atoms with van der Waals surface area (Å²) < 4.78 is 2.05. The number of pyridine rings is 2. The summed E-state index contributed by atoms with van der Waals surface area (Å²) in [4.78, 5) is 8.39. The van der Waals surface area contributed by atoms with Crippen molar-refractivity contribution in [2.24, 2.45) is 5.73 Å². The normalized spacial score (nSPS) is 10.6. The zero-order valence-corrected chi connectivity index (χ0v) is 10.8. The molecule has 3 aromatic heterocycles. The van der Waals surface area contributed by atoms with Gasteiger partial charge in [-0.05, 0) is 35.4 Å². The summed E-state index contributed by atoms with van der Waals surface area (Å²) in [7, 11) is 0. The Morgan fingerprint density at radius 3 is 2.95 bits per heavy atom. The number of nitriles is 1. The van der Waals surface area contributed by atoms with Crippen molar-refractivity contribution in [1.82, 2.24) is 14.5 Å². The van der Waals surface area contributed by atoms with Crippen LogP contribution in [0.25, 0.3) is 11.0 Å². The Morgan fingerprint density at radius 2 is 2.15 bits per heavy atom. The lowest BCUT2D eigenvalue weighted by molar-refractivity contribution is 0.816. The molecule has 3 aromatic rings. The van der Waals surface area contributed by atoms with Crippen molar-refractivity contribution in [2.45, 2.75) is 13.1 Å². The van der Waals surface area contributed by atoms with Crippen molar-refractivity contribution in [2.75, 3.05) is 0 Å². The molecule has 0 atom stereocenters. The largest absolute Gasteiger partial charge is 0.328 e. The Bertz CT molecular complexity index is 797. The van der Waals surface area contributed by atoms with Crippen LogP contribution in [0.4, 0.5) is 0 Å². The number of aromatic nitrogens is 3. The Balaban J connectivity index is 2.04. The summed E-state index contributed by atoms with van der Waals surface area (Å²) in [5, 5.41) is 9.97. The average molecular weight is 263 g/mol. The molecule has 0 unspecified atom stereocenters. The van der Waals surface area contributed by atoms with Crippen LogP contribution in [-0.4, -0.2) is 14.5 Å². The molecule has 3 heterocycles. The highest BCUT2D eigenvalue weighted by Crippen LogP contribution is 2.20. The third kappa shape index (κ3) is 2.13. The average Bonchev–Trinajstić information content (AvgIpc) is 2.86. The second-order valence-corrected chi connectivity index (χ2v) is 4.52. The summed E-state index contributed by atoms with van der Waals surface area (Å²) >= 11 is 0. The predicted octanol–water partition coefficient (Wildman–Crippen LogP) is 1.81. The van der Waals surface area contributed by atoms with Crippen molar-refractivity contribution in [3.8, 4) is 6.07 Å². The minimum absolute atomic E-state index is 0.422. The zero-order valence-electron chi connectivity index (χ0n) is 10.8. The lowest BCUT2D eigenvalue weighted by Gasteiger charge is -2.04. The van der Waals surface area contributed by atoms with Crippen molar-refractivity contribution >= 4 is 11.0 Å². The van der Waals surface area contributed by atoms with Gasteiger partial charge in [-0.2, -0.15) is 5.26 Å². The molecule has 5 nitrogen and oxygen atoms in total. The number of fused-ring (bicyclic) bond motifs is 1. The molecule has 2 N–H and O–H groups in total. The van der Waals surface area contributed by atoms with Crippen molar-refractivity contribution in [3.63, 3.8) is 0 Å². The van der Waals surface area contributed by atoms with Crippen LogP contribution in [0.5, 0.6) is 0 Å². The van der Waals surface area contributed by atoms with Crippen LogP contribution in [0.1, 0.15) is 16.8 Å². The molecule has 0 aliphatic carbocycles. The SMILES string of the molecule is N#Cc1cc(Cn2cc(CN)c3cccnc32)ccn1. The van der Waals surface area contributed by atoms with Crippen LogP contribution >= 0.6 is 0 Å². The Kier molecular flexibility index (Phi) is 3.15. The van der Waals surface area contributed by atoms with Gasteiger partial charge in [-0.15, -0.1) is 0 Å². The van der Waals surface area contributed by atoms with Gasteiger partial charge in [-0.25, -0.2) is 9.97 Å². The molecule has 0 fully saturated rings. The van der Waals surface area contributed by atoms with E-state index < -0.39 is 0 Å². The van der Waals surface area contributed by atoms with Gasteiger partial charge in [-0.1, -0.05) is 0 Å². The maximum Gasteiger partial charge on any atom is 0.140 e. The van der Waals surface area contributed by atoms with E-state index in [4.69, 9.17) is 11.0 Å². The topological polar surface area (TPSA) is 80.5 Å². The predicted molar refractivity (Wildman–Crippen MR) is 75.7 cm³/mol. The summed E-state index contributed by atoms with van der Waals surface area (Å²) in [5.41, 5.74) is 9.19. The fraction of sp³-hybridized carbons (Fsp3) is 0.133. The summed E-state index contributed by atoms with van der Waals surface area (Å²) in [5.74, 6) is 0. The fourth-order valence-corrected chi connectivity index (χ4v) is 2.31. The molecule has 20 heavy (non-hydrogen) atoms. The minimum Gasteiger partial charge on any atom is -0.328 e. The molecule has 0 spiro atoms. The first-order valence-corrected chi connectivity index (χ1v) is 6.29. The van der Waals surface area contributed by atoms with Crippen molar-refractivity contribution in [1.29, 1.82) is 5.26 Å². The van der Waals surface area contributed by atoms with Crippen LogP contribution < -0.4 is 5.73 Å². The standard InChI is InChI=1S/C15H13N5/c16-7-12-10-20(15-14(12)2-1-4-19-15)9-11-3-5-18-13(6-11)8-17/h1-6,10H,7,9,16H2. The van der Waals surface area contributed by atoms with Gasteiger partial charge in [0.1, 0.15) is 17.4 Å². The van der Waals surface area contributed by atoms with Gasteiger partial charge < -0.3 is 10.3 Å². The molecular weight excluding hydrogens is 250 g/mol. The van der Waals surface area contributed by atoms with E-state index in [0.717, 1.165) is 22.2 Å². The molecule has 0 radical (unpaired) electrons. The Morgan fingerprint density at radius 1 is 1.25 bits per heavy atom. The van der Waals surface area contributed by atoms with Crippen molar-refractivity contribution in [3.05, 3.63) is 59.7 Å². The smallest absolute Gasteiger partial charge is 0.140 e. The molecule has 0 amide bonds. The monoisotopic (exact) mass is 263 g/mol. The van der Waals surface area contributed by atoms with Crippen LogP contribution in [0.2, 0.25) is 0 Å². The van der Waals surface area contributed by atoms with E-state index in [1.165, 1.54) is 0 Å². The van der Waals surface area contributed by atoms with E-state index in [2.05, 4.69) is 16.0 Å². The van der Waals surface area contributed by atoms with Gasteiger partial charge in [0.15, 0.2) is 0 Å². The summed E-state index contributed by atoms with van der Waals surface area (Å²) in [6.07, 6.45) is 5.44. The van der Waals surface area contributed by atoms with E-state index in [1.807, 2.05) is 29.0 Å². The lowest BCUT2D eigenvalue weighted by Crippen LogP contribution is -2.00. The third-order valence-electron chi connectivity index (χ3n) is 3.23. The van der Waals surface area contributed by atoms with Crippen LogP contribution in [-0.2, 0) is 13.1 Å². The van der Waals surface area contributed by atoms with E-state index >= 15 is 0 Å². The molecule has 0 aromatic carbocycles. The fourth-order valence-electron chi connectivity index (χ4n) is 2.31. The van der Waals surface area contributed by atoms with Gasteiger partial charge >= 0.3 is 0 Å². The van der Waals surface area contributed by atoms with Crippen LogP contribution in [0, 0.1) is 11.3 Å². The van der Waals surface area contributed by atoms with Gasteiger partial charge in [0.05, 0.1) is 0 Å². The molecule has 5 heteroatoms. The molecular formula is C15H13N5. The first kappa shape index (κ1) is 12.3. The Labute approximate surface area is 116 Å². The van der Waals surface area contributed by atoms with E-state index in [-0.39, 0.29) is 0 Å².